The Bertz CT molecular complexity index is 405. The molecule has 0 saturated heterocycles. The summed E-state index contributed by atoms with van der Waals surface area (Å²) in [6.45, 7) is -0.153. The molecule has 0 aliphatic carbocycles. The van der Waals surface area contributed by atoms with Gasteiger partial charge in [0, 0.05) is 0 Å². The Morgan fingerprint density at radius 2 is 2.13 bits per heavy atom. The lowest BCUT2D eigenvalue weighted by molar-refractivity contribution is -0.116. The standard InChI is InChI=1S/C8H10N4O3/c9-4-1-2-5(8(14)15)12-7(4)11-3-6(10)13/h1-2H,3,9H2,(H2,10,13)(H,11,12)(H,14,15). The number of aromatic carboxylic acids is 1. The first kappa shape index (κ1) is 10.8. The van der Waals surface area contributed by atoms with Gasteiger partial charge in [-0.1, -0.05) is 0 Å². The Labute approximate surface area is 85.1 Å². The van der Waals surface area contributed by atoms with E-state index in [4.69, 9.17) is 16.6 Å². The molecule has 0 radical (unpaired) electrons. The van der Waals surface area contributed by atoms with E-state index in [1.54, 1.807) is 0 Å². The molecule has 0 unspecified atom stereocenters. The van der Waals surface area contributed by atoms with E-state index in [1.165, 1.54) is 12.1 Å². The van der Waals surface area contributed by atoms with Crippen molar-refractivity contribution < 1.29 is 14.7 Å². The van der Waals surface area contributed by atoms with Crippen LogP contribution in [-0.4, -0.2) is 28.5 Å². The molecule has 1 aromatic rings. The van der Waals surface area contributed by atoms with Gasteiger partial charge in [-0.05, 0) is 12.1 Å². The van der Waals surface area contributed by atoms with Gasteiger partial charge in [0.05, 0.1) is 12.2 Å². The Kier molecular flexibility index (Phi) is 3.06. The minimum absolute atomic E-state index is 0.133. The van der Waals surface area contributed by atoms with Crippen LogP contribution in [0, 0.1) is 0 Å². The third-order valence-corrected chi connectivity index (χ3v) is 1.58. The molecule has 6 N–H and O–H groups in total. The number of rotatable bonds is 4. The van der Waals surface area contributed by atoms with Gasteiger partial charge in [0.25, 0.3) is 0 Å². The summed E-state index contributed by atoms with van der Waals surface area (Å²) in [6, 6.07) is 2.66. The molecule has 1 rings (SSSR count). The molecule has 0 aromatic carbocycles. The number of anilines is 2. The fourth-order valence-corrected chi connectivity index (χ4v) is 0.901. The van der Waals surface area contributed by atoms with Gasteiger partial charge in [-0.15, -0.1) is 0 Å². The van der Waals surface area contributed by atoms with Gasteiger partial charge in [0.15, 0.2) is 11.5 Å². The molecule has 15 heavy (non-hydrogen) atoms. The quantitative estimate of drug-likeness (QED) is 0.517. The average Bonchev–Trinajstić information content (AvgIpc) is 2.16. The van der Waals surface area contributed by atoms with Crippen molar-refractivity contribution in [1.29, 1.82) is 0 Å². The van der Waals surface area contributed by atoms with E-state index in [-0.39, 0.29) is 23.7 Å². The minimum Gasteiger partial charge on any atom is -0.477 e. The lowest BCUT2D eigenvalue weighted by Crippen LogP contribution is -2.23. The maximum Gasteiger partial charge on any atom is 0.354 e. The number of nitrogens with one attached hydrogen (secondary N) is 1. The largest absolute Gasteiger partial charge is 0.477 e. The third-order valence-electron chi connectivity index (χ3n) is 1.58. The number of nitrogens with zero attached hydrogens (tertiary/aromatic N) is 1. The number of amides is 1. The Morgan fingerprint density at radius 3 is 2.67 bits per heavy atom. The molecule has 0 aliphatic rings. The minimum atomic E-state index is -1.17. The van der Waals surface area contributed by atoms with Crippen molar-refractivity contribution in [2.75, 3.05) is 17.6 Å². The van der Waals surface area contributed by atoms with Crippen molar-refractivity contribution in [3.8, 4) is 0 Å². The van der Waals surface area contributed by atoms with Crippen molar-refractivity contribution in [3.63, 3.8) is 0 Å². The normalized spacial score (nSPS) is 9.60. The first-order valence-corrected chi connectivity index (χ1v) is 4.02. The number of hydrogen-bond acceptors (Lipinski definition) is 5. The van der Waals surface area contributed by atoms with Crippen LogP contribution in [0.5, 0.6) is 0 Å². The van der Waals surface area contributed by atoms with Crippen molar-refractivity contribution in [1.82, 2.24) is 4.98 Å². The van der Waals surface area contributed by atoms with E-state index in [2.05, 4.69) is 10.3 Å². The fraction of sp³-hybridized carbons (Fsp3) is 0.125. The fourth-order valence-electron chi connectivity index (χ4n) is 0.901. The molecule has 0 aliphatic heterocycles. The zero-order valence-corrected chi connectivity index (χ0v) is 7.73. The van der Waals surface area contributed by atoms with Crippen LogP contribution in [0.2, 0.25) is 0 Å². The van der Waals surface area contributed by atoms with Crippen LogP contribution in [-0.2, 0) is 4.79 Å². The van der Waals surface area contributed by atoms with Crippen LogP contribution in [0.25, 0.3) is 0 Å². The summed E-state index contributed by atoms with van der Waals surface area (Å²) >= 11 is 0. The number of aromatic nitrogens is 1. The van der Waals surface area contributed by atoms with Gasteiger partial charge in [-0.2, -0.15) is 0 Å². The number of nitrogen functional groups attached to an aromatic ring is 1. The van der Waals surface area contributed by atoms with Crippen molar-refractivity contribution >= 4 is 23.4 Å². The zero-order valence-electron chi connectivity index (χ0n) is 7.73. The summed E-state index contributed by atoms with van der Waals surface area (Å²) in [7, 11) is 0. The van der Waals surface area contributed by atoms with Gasteiger partial charge in [0.2, 0.25) is 5.91 Å². The number of primary amides is 1. The second kappa shape index (κ2) is 4.27. The van der Waals surface area contributed by atoms with Gasteiger partial charge in [0.1, 0.15) is 0 Å². The predicted molar refractivity (Wildman–Crippen MR) is 53.3 cm³/mol. The molecule has 7 heteroatoms. The van der Waals surface area contributed by atoms with E-state index in [0.717, 1.165) is 0 Å². The second-order valence-electron chi connectivity index (χ2n) is 2.76. The molecule has 80 valence electrons. The van der Waals surface area contributed by atoms with Crippen LogP contribution in [0.1, 0.15) is 10.5 Å². The highest BCUT2D eigenvalue weighted by atomic mass is 16.4. The number of carboxylic acid groups (broad SMARTS) is 1. The van der Waals surface area contributed by atoms with Gasteiger partial charge >= 0.3 is 5.97 Å². The Balaban J connectivity index is 2.90. The van der Waals surface area contributed by atoms with E-state index in [9.17, 15) is 9.59 Å². The van der Waals surface area contributed by atoms with Crippen LogP contribution in [0.4, 0.5) is 11.5 Å². The Morgan fingerprint density at radius 1 is 1.47 bits per heavy atom. The number of pyridine rings is 1. The summed E-state index contributed by atoms with van der Waals surface area (Å²) in [5, 5.41) is 11.2. The van der Waals surface area contributed by atoms with Crippen molar-refractivity contribution in [2.45, 2.75) is 0 Å². The van der Waals surface area contributed by atoms with Gasteiger partial charge in [-0.3, -0.25) is 4.79 Å². The maximum absolute atomic E-state index is 10.6. The van der Waals surface area contributed by atoms with E-state index >= 15 is 0 Å². The molecule has 0 saturated carbocycles. The highest BCUT2D eigenvalue weighted by Crippen LogP contribution is 2.15. The summed E-state index contributed by atoms with van der Waals surface area (Å²) in [4.78, 5) is 24.8. The molecule has 0 fully saturated rings. The van der Waals surface area contributed by atoms with Crippen LogP contribution in [0.3, 0.4) is 0 Å². The summed E-state index contributed by atoms with van der Waals surface area (Å²) in [6.07, 6.45) is 0. The highest BCUT2D eigenvalue weighted by Gasteiger charge is 2.08. The molecule has 0 spiro atoms. The monoisotopic (exact) mass is 210 g/mol. The molecule has 1 aromatic heterocycles. The van der Waals surface area contributed by atoms with Gasteiger partial charge in [-0.25, -0.2) is 9.78 Å². The first-order chi connectivity index (χ1) is 7.00. The average molecular weight is 210 g/mol. The number of carboxylic acids is 1. The Hall–Kier alpha value is -2.31. The first-order valence-electron chi connectivity index (χ1n) is 4.02. The summed E-state index contributed by atoms with van der Waals surface area (Å²) in [5.41, 5.74) is 10.5. The summed E-state index contributed by atoms with van der Waals surface area (Å²) in [5.74, 6) is -1.62. The number of hydrogen-bond donors (Lipinski definition) is 4. The number of nitrogens with two attached hydrogens (primary N) is 2. The SMILES string of the molecule is NC(=O)CNc1nc(C(=O)O)ccc1N. The molecular formula is C8H10N4O3. The molecule has 1 amide bonds. The second-order valence-corrected chi connectivity index (χ2v) is 2.76. The smallest absolute Gasteiger partial charge is 0.354 e. The molecule has 0 bridgehead atoms. The zero-order chi connectivity index (χ0) is 11.4. The van der Waals surface area contributed by atoms with Crippen LogP contribution < -0.4 is 16.8 Å². The molecule has 1 heterocycles. The van der Waals surface area contributed by atoms with E-state index in [0.29, 0.717) is 0 Å². The van der Waals surface area contributed by atoms with Crippen LogP contribution in [0.15, 0.2) is 12.1 Å². The molecular weight excluding hydrogens is 200 g/mol. The van der Waals surface area contributed by atoms with E-state index in [1.807, 2.05) is 0 Å². The third kappa shape index (κ3) is 2.83. The highest BCUT2D eigenvalue weighted by molar-refractivity contribution is 5.87. The predicted octanol–water partition coefficient (Wildman–Crippen LogP) is -0.741. The number of carbonyl (C=O) groups excluding carboxylic acids is 1. The topological polar surface area (TPSA) is 131 Å². The molecule has 0 atom stereocenters. The summed E-state index contributed by atoms with van der Waals surface area (Å²) < 4.78 is 0. The lowest BCUT2D eigenvalue weighted by Gasteiger charge is -2.06. The van der Waals surface area contributed by atoms with Crippen LogP contribution >= 0.6 is 0 Å². The maximum atomic E-state index is 10.6. The van der Waals surface area contributed by atoms with Crippen molar-refractivity contribution in [3.05, 3.63) is 17.8 Å². The van der Waals surface area contributed by atoms with Gasteiger partial charge < -0.3 is 21.9 Å². The van der Waals surface area contributed by atoms with E-state index < -0.39 is 11.9 Å². The molecule has 7 nitrogen and oxygen atoms in total. The number of carbonyl (C=O) groups is 2. The lowest BCUT2D eigenvalue weighted by atomic mass is 10.3. The van der Waals surface area contributed by atoms with Crippen molar-refractivity contribution in [2.24, 2.45) is 5.73 Å².